The Bertz CT molecular complexity index is 433. The van der Waals surface area contributed by atoms with Crippen LogP contribution in [0.5, 0.6) is 0 Å². The predicted octanol–water partition coefficient (Wildman–Crippen LogP) is 4.98. The molecule has 2 rings (SSSR count). The number of hydrogen-bond donors (Lipinski definition) is 0. The Kier molecular flexibility index (Phi) is 4.73. The van der Waals surface area contributed by atoms with Gasteiger partial charge in [0.25, 0.3) is 0 Å². The third kappa shape index (κ3) is 4.32. The van der Waals surface area contributed by atoms with Gasteiger partial charge in [-0.1, -0.05) is 49.7 Å². The molecule has 0 aromatic heterocycles. The Morgan fingerprint density at radius 2 is 2.00 bits per heavy atom. The molecular formula is C17H26BrN. The van der Waals surface area contributed by atoms with E-state index >= 15 is 0 Å². The highest BCUT2D eigenvalue weighted by molar-refractivity contribution is 9.10. The van der Waals surface area contributed by atoms with Gasteiger partial charge in [-0.05, 0) is 54.0 Å². The van der Waals surface area contributed by atoms with Crippen molar-refractivity contribution in [3.05, 3.63) is 33.8 Å². The van der Waals surface area contributed by atoms with Crippen LogP contribution >= 0.6 is 15.9 Å². The third-order valence-corrected chi connectivity index (χ3v) is 4.43. The molecule has 1 fully saturated rings. The van der Waals surface area contributed by atoms with Crippen molar-refractivity contribution >= 4 is 15.9 Å². The lowest BCUT2D eigenvalue weighted by molar-refractivity contribution is 0.176. The first-order valence-corrected chi connectivity index (χ1v) is 8.16. The molecule has 106 valence electrons. The van der Waals surface area contributed by atoms with Gasteiger partial charge in [0.15, 0.2) is 0 Å². The molecule has 0 N–H and O–H groups in total. The van der Waals surface area contributed by atoms with Crippen molar-refractivity contribution in [3.8, 4) is 0 Å². The lowest BCUT2D eigenvalue weighted by Gasteiger charge is -2.31. The van der Waals surface area contributed by atoms with Crippen molar-refractivity contribution in [2.75, 3.05) is 13.1 Å². The van der Waals surface area contributed by atoms with Crippen LogP contribution in [-0.4, -0.2) is 18.0 Å². The molecule has 1 unspecified atom stereocenters. The van der Waals surface area contributed by atoms with E-state index in [1.807, 2.05) is 0 Å². The average Bonchev–Trinajstić information content (AvgIpc) is 2.26. The number of likely N-dealkylation sites (tertiary alicyclic amines) is 1. The molecule has 1 nitrogen and oxygen atoms in total. The fraction of sp³-hybridized carbons (Fsp3) is 0.647. The largest absolute Gasteiger partial charge is 0.299 e. The first-order valence-electron chi connectivity index (χ1n) is 7.37. The molecule has 0 bridgehead atoms. The number of hydrogen-bond acceptors (Lipinski definition) is 1. The fourth-order valence-electron chi connectivity index (χ4n) is 2.86. The molecule has 0 aliphatic carbocycles. The molecule has 1 aromatic rings. The van der Waals surface area contributed by atoms with E-state index in [9.17, 15) is 0 Å². The van der Waals surface area contributed by atoms with Crippen molar-refractivity contribution < 1.29 is 0 Å². The number of benzene rings is 1. The number of rotatable bonds is 2. The van der Waals surface area contributed by atoms with Gasteiger partial charge in [-0.2, -0.15) is 0 Å². The Morgan fingerprint density at radius 3 is 2.63 bits per heavy atom. The normalized spacial score (nSPS) is 21.6. The van der Waals surface area contributed by atoms with E-state index in [-0.39, 0.29) is 5.41 Å². The first-order chi connectivity index (χ1) is 8.84. The van der Waals surface area contributed by atoms with Gasteiger partial charge in [-0.3, -0.25) is 4.90 Å². The predicted molar refractivity (Wildman–Crippen MR) is 86.5 cm³/mol. The maximum Gasteiger partial charge on any atom is 0.0234 e. The SMILES string of the molecule is CC1CCCN(Cc2cc(Br)cc(C(C)(C)C)c2)C1. The zero-order valence-corrected chi connectivity index (χ0v) is 14.3. The minimum absolute atomic E-state index is 0.216. The van der Waals surface area contributed by atoms with Crippen molar-refractivity contribution in [2.45, 2.75) is 52.5 Å². The highest BCUT2D eigenvalue weighted by Gasteiger charge is 2.18. The minimum Gasteiger partial charge on any atom is -0.299 e. The van der Waals surface area contributed by atoms with Gasteiger partial charge in [0.2, 0.25) is 0 Å². The summed E-state index contributed by atoms with van der Waals surface area (Å²) in [6.45, 7) is 12.8. The molecule has 1 aliphatic rings. The van der Waals surface area contributed by atoms with Crippen LogP contribution in [0.2, 0.25) is 0 Å². The zero-order valence-electron chi connectivity index (χ0n) is 12.7. The van der Waals surface area contributed by atoms with Gasteiger partial charge in [-0.25, -0.2) is 0 Å². The first kappa shape index (κ1) is 15.1. The third-order valence-electron chi connectivity index (χ3n) is 3.97. The van der Waals surface area contributed by atoms with Crippen molar-refractivity contribution in [1.29, 1.82) is 0 Å². The summed E-state index contributed by atoms with van der Waals surface area (Å²) in [7, 11) is 0. The number of nitrogens with zero attached hydrogens (tertiary/aromatic N) is 1. The van der Waals surface area contributed by atoms with Crippen LogP contribution in [0.25, 0.3) is 0 Å². The highest BCUT2D eigenvalue weighted by Crippen LogP contribution is 2.28. The lowest BCUT2D eigenvalue weighted by atomic mass is 9.86. The lowest BCUT2D eigenvalue weighted by Crippen LogP contribution is -2.33. The van der Waals surface area contributed by atoms with Gasteiger partial charge >= 0.3 is 0 Å². The van der Waals surface area contributed by atoms with Crippen LogP contribution in [0.15, 0.2) is 22.7 Å². The molecular weight excluding hydrogens is 298 g/mol. The van der Waals surface area contributed by atoms with Crippen LogP contribution in [0.4, 0.5) is 0 Å². The van der Waals surface area contributed by atoms with Gasteiger partial charge in [0, 0.05) is 17.6 Å². The summed E-state index contributed by atoms with van der Waals surface area (Å²) in [6, 6.07) is 6.90. The Labute approximate surface area is 126 Å². The van der Waals surface area contributed by atoms with Gasteiger partial charge < -0.3 is 0 Å². The van der Waals surface area contributed by atoms with E-state index in [1.165, 1.54) is 41.5 Å². The second kappa shape index (κ2) is 5.97. The van der Waals surface area contributed by atoms with Crippen molar-refractivity contribution in [3.63, 3.8) is 0 Å². The van der Waals surface area contributed by atoms with E-state index in [0.717, 1.165) is 12.5 Å². The molecule has 0 saturated carbocycles. The maximum absolute atomic E-state index is 3.66. The van der Waals surface area contributed by atoms with E-state index in [2.05, 4.69) is 66.7 Å². The van der Waals surface area contributed by atoms with Gasteiger partial charge in [0.1, 0.15) is 0 Å². The molecule has 1 atom stereocenters. The molecule has 0 spiro atoms. The monoisotopic (exact) mass is 323 g/mol. The van der Waals surface area contributed by atoms with Gasteiger partial charge in [0.05, 0.1) is 0 Å². The second-order valence-electron chi connectivity index (χ2n) is 7.08. The Hall–Kier alpha value is -0.340. The van der Waals surface area contributed by atoms with E-state index in [1.54, 1.807) is 0 Å². The van der Waals surface area contributed by atoms with Crippen LogP contribution in [0, 0.1) is 5.92 Å². The fourth-order valence-corrected chi connectivity index (χ4v) is 3.40. The summed E-state index contributed by atoms with van der Waals surface area (Å²) in [4.78, 5) is 2.60. The summed E-state index contributed by atoms with van der Waals surface area (Å²) in [5.41, 5.74) is 3.07. The minimum atomic E-state index is 0.216. The van der Waals surface area contributed by atoms with Crippen LogP contribution in [0.1, 0.15) is 51.7 Å². The summed E-state index contributed by atoms with van der Waals surface area (Å²) in [5, 5.41) is 0. The highest BCUT2D eigenvalue weighted by atomic mass is 79.9. The molecule has 0 radical (unpaired) electrons. The van der Waals surface area contributed by atoms with Crippen LogP contribution in [-0.2, 0) is 12.0 Å². The van der Waals surface area contributed by atoms with Gasteiger partial charge in [-0.15, -0.1) is 0 Å². The summed E-state index contributed by atoms with van der Waals surface area (Å²) < 4.78 is 1.21. The standard InChI is InChI=1S/C17H26BrN/c1-13-6-5-7-19(11-13)12-14-8-15(17(2,3)4)10-16(18)9-14/h8-10,13H,5-7,11-12H2,1-4H3. The molecule has 1 saturated heterocycles. The summed E-state index contributed by atoms with van der Waals surface area (Å²) >= 11 is 3.66. The zero-order chi connectivity index (χ0) is 14.0. The summed E-state index contributed by atoms with van der Waals surface area (Å²) in [6.07, 6.45) is 2.74. The van der Waals surface area contributed by atoms with E-state index in [0.29, 0.717) is 0 Å². The topological polar surface area (TPSA) is 3.24 Å². The molecule has 0 amide bonds. The number of piperidine rings is 1. The van der Waals surface area contributed by atoms with E-state index in [4.69, 9.17) is 0 Å². The van der Waals surface area contributed by atoms with Crippen molar-refractivity contribution in [2.24, 2.45) is 5.92 Å². The average molecular weight is 324 g/mol. The van der Waals surface area contributed by atoms with Crippen LogP contribution in [0.3, 0.4) is 0 Å². The molecule has 1 aliphatic heterocycles. The second-order valence-corrected chi connectivity index (χ2v) is 8.00. The van der Waals surface area contributed by atoms with Crippen LogP contribution < -0.4 is 0 Å². The molecule has 19 heavy (non-hydrogen) atoms. The summed E-state index contributed by atoms with van der Waals surface area (Å²) in [5.74, 6) is 0.850. The number of halogens is 1. The smallest absolute Gasteiger partial charge is 0.0234 e. The Morgan fingerprint density at radius 1 is 1.26 bits per heavy atom. The molecule has 2 heteroatoms. The van der Waals surface area contributed by atoms with E-state index < -0.39 is 0 Å². The Balaban J connectivity index is 2.14. The molecule has 1 heterocycles. The maximum atomic E-state index is 3.66. The quantitative estimate of drug-likeness (QED) is 0.742. The van der Waals surface area contributed by atoms with Crippen molar-refractivity contribution in [1.82, 2.24) is 4.90 Å². The molecule has 1 aromatic carbocycles.